The summed E-state index contributed by atoms with van der Waals surface area (Å²) in [6.45, 7) is -0.0409. The van der Waals surface area contributed by atoms with Gasteiger partial charge in [0.25, 0.3) is 5.78 Å². The Balaban J connectivity index is 2.58. The normalized spacial score (nSPS) is 13.8. The fourth-order valence-electron chi connectivity index (χ4n) is 1.48. The van der Waals surface area contributed by atoms with Crippen LogP contribution in [-0.2, 0) is 16.1 Å². The van der Waals surface area contributed by atoms with Gasteiger partial charge in [0.2, 0.25) is 0 Å². The summed E-state index contributed by atoms with van der Waals surface area (Å²) in [4.78, 5) is 21.8. The van der Waals surface area contributed by atoms with Gasteiger partial charge in [-0.1, -0.05) is 0 Å². The van der Waals surface area contributed by atoms with E-state index in [1.807, 2.05) is 0 Å². The van der Waals surface area contributed by atoms with Crippen LogP contribution in [0.4, 0.5) is 4.39 Å². The summed E-state index contributed by atoms with van der Waals surface area (Å²) < 4.78 is 23.3. The van der Waals surface area contributed by atoms with Crippen molar-refractivity contribution in [2.45, 2.75) is 6.61 Å². The highest BCUT2D eigenvalue weighted by Crippen LogP contribution is 2.29. The number of aliphatic carboxylic acids is 1. The number of carboxylic acids is 1. The average molecular weight is 226 g/mol. The Labute approximate surface area is 89.4 Å². The number of carbonyl (C=O) groups is 2. The Morgan fingerprint density at radius 3 is 2.81 bits per heavy atom. The van der Waals surface area contributed by atoms with Crippen LogP contribution in [0.25, 0.3) is 0 Å². The molecule has 1 aromatic rings. The Morgan fingerprint density at radius 1 is 1.38 bits per heavy atom. The minimum Gasteiger partial charge on any atom is -0.475 e. The molecule has 16 heavy (non-hydrogen) atoms. The third kappa shape index (κ3) is 1.63. The number of hydrogen-bond acceptors (Lipinski definition) is 4. The maximum atomic E-state index is 13.4. The van der Waals surface area contributed by atoms with Crippen molar-refractivity contribution in [2.24, 2.45) is 0 Å². The molecule has 84 valence electrons. The number of Topliss-reactive ketones (excluding diaryl/α,β-unsaturated/α-hetero) is 1. The SMILES string of the molecule is O=C(O)C(=O)c1c(F)ccc2c1COCO2. The third-order valence-electron chi connectivity index (χ3n) is 2.18. The maximum Gasteiger partial charge on any atom is 0.377 e. The lowest BCUT2D eigenvalue weighted by Gasteiger charge is -2.19. The van der Waals surface area contributed by atoms with Crippen LogP contribution >= 0.6 is 0 Å². The molecule has 0 atom stereocenters. The van der Waals surface area contributed by atoms with Crippen LogP contribution in [0.15, 0.2) is 12.1 Å². The van der Waals surface area contributed by atoms with Crippen LogP contribution in [0, 0.1) is 5.82 Å². The summed E-state index contributed by atoms with van der Waals surface area (Å²) in [6.07, 6.45) is 0. The standard InChI is InChI=1S/C10H7FO5/c11-6-1-2-7-5(3-15-4-16-7)8(6)9(12)10(13)14/h1-2H,3-4H2,(H,13,14). The Morgan fingerprint density at radius 2 is 2.12 bits per heavy atom. The lowest BCUT2D eigenvalue weighted by atomic mass is 10.0. The van der Waals surface area contributed by atoms with Gasteiger partial charge in [-0.05, 0) is 12.1 Å². The molecule has 2 rings (SSSR count). The molecular formula is C10H7FO5. The van der Waals surface area contributed by atoms with Crippen LogP contribution in [0.1, 0.15) is 15.9 Å². The van der Waals surface area contributed by atoms with Gasteiger partial charge in [0.05, 0.1) is 12.2 Å². The topological polar surface area (TPSA) is 72.8 Å². The summed E-state index contributed by atoms with van der Waals surface area (Å²) in [5, 5.41) is 8.56. The molecule has 0 saturated heterocycles. The van der Waals surface area contributed by atoms with Crippen LogP contribution in [0.2, 0.25) is 0 Å². The van der Waals surface area contributed by atoms with Crippen molar-refractivity contribution in [3.05, 3.63) is 29.1 Å². The average Bonchev–Trinajstić information content (AvgIpc) is 2.28. The van der Waals surface area contributed by atoms with E-state index < -0.39 is 23.1 Å². The lowest BCUT2D eigenvalue weighted by molar-refractivity contribution is -0.131. The number of halogens is 1. The highest BCUT2D eigenvalue weighted by molar-refractivity contribution is 6.40. The number of carboxylic acid groups (broad SMARTS) is 1. The van der Waals surface area contributed by atoms with E-state index in [0.29, 0.717) is 0 Å². The fraction of sp³-hybridized carbons (Fsp3) is 0.200. The molecule has 1 aliphatic rings. The quantitative estimate of drug-likeness (QED) is 0.600. The van der Waals surface area contributed by atoms with Gasteiger partial charge >= 0.3 is 5.97 Å². The number of benzene rings is 1. The van der Waals surface area contributed by atoms with E-state index >= 15 is 0 Å². The highest BCUT2D eigenvalue weighted by Gasteiger charge is 2.27. The van der Waals surface area contributed by atoms with E-state index in [9.17, 15) is 14.0 Å². The molecule has 0 radical (unpaired) electrons. The first-order valence-corrected chi connectivity index (χ1v) is 4.41. The van der Waals surface area contributed by atoms with Gasteiger partial charge in [0, 0.05) is 5.56 Å². The van der Waals surface area contributed by atoms with Gasteiger partial charge in [-0.3, -0.25) is 4.79 Å². The maximum absolute atomic E-state index is 13.4. The van der Waals surface area contributed by atoms with Crippen molar-refractivity contribution in [1.29, 1.82) is 0 Å². The van der Waals surface area contributed by atoms with Crippen molar-refractivity contribution < 1.29 is 28.6 Å². The fourth-order valence-corrected chi connectivity index (χ4v) is 1.48. The van der Waals surface area contributed by atoms with E-state index in [2.05, 4.69) is 0 Å². The Hall–Kier alpha value is -1.95. The Bertz CT molecular complexity index is 469. The van der Waals surface area contributed by atoms with Crippen molar-refractivity contribution in [3.63, 3.8) is 0 Å². The minimum absolute atomic E-state index is 0.000660. The number of carbonyl (C=O) groups excluding carboxylic acids is 1. The number of ketones is 1. The van der Waals surface area contributed by atoms with Gasteiger partial charge in [0.1, 0.15) is 11.6 Å². The minimum atomic E-state index is -1.71. The van der Waals surface area contributed by atoms with Gasteiger partial charge in [-0.25, -0.2) is 9.18 Å². The predicted molar refractivity (Wildman–Crippen MR) is 48.7 cm³/mol. The summed E-state index contributed by atoms with van der Waals surface area (Å²) in [7, 11) is 0. The summed E-state index contributed by atoms with van der Waals surface area (Å²) in [5.74, 6) is -3.63. The molecule has 0 aliphatic carbocycles. The zero-order chi connectivity index (χ0) is 11.7. The summed E-state index contributed by atoms with van der Waals surface area (Å²) in [5.41, 5.74) is -0.358. The van der Waals surface area contributed by atoms with E-state index in [1.165, 1.54) is 6.07 Å². The molecule has 0 unspecified atom stereocenters. The zero-order valence-corrected chi connectivity index (χ0v) is 8.03. The highest BCUT2D eigenvalue weighted by atomic mass is 19.1. The second-order valence-corrected chi connectivity index (χ2v) is 3.14. The molecule has 0 amide bonds. The first-order valence-electron chi connectivity index (χ1n) is 4.41. The lowest BCUT2D eigenvalue weighted by Crippen LogP contribution is -2.21. The molecule has 1 aromatic carbocycles. The molecule has 0 bridgehead atoms. The number of hydrogen-bond donors (Lipinski definition) is 1. The van der Waals surface area contributed by atoms with Crippen LogP contribution in [0.5, 0.6) is 5.75 Å². The van der Waals surface area contributed by atoms with E-state index in [4.69, 9.17) is 14.6 Å². The van der Waals surface area contributed by atoms with Crippen molar-refractivity contribution in [2.75, 3.05) is 6.79 Å². The van der Waals surface area contributed by atoms with Gasteiger partial charge in [-0.15, -0.1) is 0 Å². The first kappa shape index (κ1) is 10.6. The second kappa shape index (κ2) is 3.90. The zero-order valence-electron chi connectivity index (χ0n) is 8.03. The van der Waals surface area contributed by atoms with Crippen molar-refractivity contribution in [3.8, 4) is 5.75 Å². The van der Waals surface area contributed by atoms with Crippen LogP contribution < -0.4 is 4.74 Å². The van der Waals surface area contributed by atoms with Gasteiger partial charge in [-0.2, -0.15) is 0 Å². The van der Waals surface area contributed by atoms with Crippen LogP contribution in [-0.4, -0.2) is 23.7 Å². The molecule has 6 heteroatoms. The monoisotopic (exact) mass is 226 g/mol. The van der Waals surface area contributed by atoms with Gasteiger partial charge < -0.3 is 14.6 Å². The molecular weight excluding hydrogens is 219 g/mol. The van der Waals surface area contributed by atoms with Crippen molar-refractivity contribution in [1.82, 2.24) is 0 Å². The van der Waals surface area contributed by atoms with Crippen LogP contribution in [0.3, 0.4) is 0 Å². The molecule has 0 saturated carbocycles. The van der Waals surface area contributed by atoms with Crippen molar-refractivity contribution >= 4 is 11.8 Å². The number of fused-ring (bicyclic) bond motifs is 1. The summed E-state index contributed by atoms with van der Waals surface area (Å²) >= 11 is 0. The largest absolute Gasteiger partial charge is 0.475 e. The first-order chi connectivity index (χ1) is 7.61. The molecule has 0 fully saturated rings. The number of ether oxygens (including phenoxy) is 2. The van der Waals surface area contributed by atoms with E-state index in [1.54, 1.807) is 0 Å². The molecule has 1 N–H and O–H groups in total. The summed E-state index contributed by atoms with van der Waals surface area (Å²) in [6, 6.07) is 2.34. The molecule has 0 aromatic heterocycles. The van der Waals surface area contributed by atoms with E-state index in [0.717, 1.165) is 6.07 Å². The second-order valence-electron chi connectivity index (χ2n) is 3.14. The van der Waals surface area contributed by atoms with Gasteiger partial charge in [0.15, 0.2) is 6.79 Å². The smallest absolute Gasteiger partial charge is 0.377 e. The molecule has 5 nitrogen and oxygen atoms in total. The molecule has 0 spiro atoms. The third-order valence-corrected chi connectivity index (χ3v) is 2.18. The van der Waals surface area contributed by atoms with E-state index in [-0.39, 0.29) is 24.7 Å². The predicted octanol–water partition coefficient (Wildman–Crippen LogP) is 0.960. The molecule has 1 heterocycles. The molecule has 1 aliphatic heterocycles. The Kier molecular flexibility index (Phi) is 2.57. The number of rotatable bonds is 2.